The molecule has 0 radical (unpaired) electrons. The number of nitrogens with one attached hydrogen (secondary N) is 1. The summed E-state index contributed by atoms with van der Waals surface area (Å²) in [4.78, 5) is 6.10. The number of nitrogens with zero attached hydrogens (tertiary/aromatic N) is 1. The first kappa shape index (κ1) is 16.2. The van der Waals surface area contributed by atoms with Crippen LogP contribution in [0.15, 0.2) is 36.5 Å². The summed E-state index contributed by atoms with van der Waals surface area (Å²) in [6, 6.07) is 10.8. The molecule has 0 aliphatic carbocycles. The molecule has 0 bridgehead atoms. The lowest BCUT2D eigenvalue weighted by Crippen LogP contribution is -2.25. The molecule has 0 aliphatic rings. The van der Waals surface area contributed by atoms with Crippen molar-refractivity contribution in [2.24, 2.45) is 0 Å². The van der Waals surface area contributed by atoms with Crippen molar-refractivity contribution in [2.75, 3.05) is 6.54 Å². The quantitative estimate of drug-likeness (QED) is 0.712. The molecule has 0 saturated carbocycles. The van der Waals surface area contributed by atoms with Gasteiger partial charge in [-0.25, -0.2) is 4.98 Å². The van der Waals surface area contributed by atoms with Crippen LogP contribution in [0, 0.1) is 0 Å². The lowest BCUT2D eigenvalue weighted by atomic mass is 9.76. The van der Waals surface area contributed by atoms with E-state index >= 15 is 0 Å². The van der Waals surface area contributed by atoms with E-state index in [2.05, 4.69) is 56.4 Å². The molecule has 1 aromatic heterocycles. The zero-order chi connectivity index (χ0) is 15.1. The highest BCUT2D eigenvalue weighted by atomic mass is 32.1. The summed E-state index contributed by atoms with van der Waals surface area (Å²) in [5.41, 5.74) is 1.45. The van der Waals surface area contributed by atoms with Gasteiger partial charge in [0.15, 0.2) is 0 Å². The third-order valence-electron chi connectivity index (χ3n) is 4.22. The Labute approximate surface area is 132 Å². The second-order valence-corrected chi connectivity index (χ2v) is 6.58. The summed E-state index contributed by atoms with van der Waals surface area (Å²) >= 11 is 1.86. The first-order valence-corrected chi connectivity index (χ1v) is 8.79. The summed E-state index contributed by atoms with van der Waals surface area (Å²) in [6.45, 7) is 8.74. The van der Waals surface area contributed by atoms with Crippen molar-refractivity contribution in [1.82, 2.24) is 10.3 Å². The van der Waals surface area contributed by atoms with Gasteiger partial charge in [0.05, 0.1) is 0 Å². The van der Waals surface area contributed by atoms with Crippen LogP contribution in [-0.2, 0) is 12.0 Å². The predicted octanol–water partition coefficient (Wildman–Crippen LogP) is 4.75. The maximum absolute atomic E-state index is 4.76. The summed E-state index contributed by atoms with van der Waals surface area (Å²) in [5.74, 6) is 0. The second-order valence-electron chi connectivity index (χ2n) is 5.46. The number of rotatable bonds is 8. The molecule has 2 nitrogen and oxygen atoms in total. The minimum Gasteiger partial charge on any atom is -0.312 e. The Morgan fingerprint density at radius 3 is 2.43 bits per heavy atom. The lowest BCUT2D eigenvalue weighted by molar-refractivity contribution is 0.475. The van der Waals surface area contributed by atoms with E-state index in [4.69, 9.17) is 4.98 Å². The van der Waals surface area contributed by atoms with Crippen molar-refractivity contribution in [2.45, 2.75) is 52.0 Å². The number of hydrogen-bond donors (Lipinski definition) is 1. The van der Waals surface area contributed by atoms with Crippen LogP contribution in [0.25, 0.3) is 0 Å². The van der Waals surface area contributed by atoms with Gasteiger partial charge in [0.2, 0.25) is 0 Å². The molecule has 114 valence electrons. The van der Waals surface area contributed by atoms with Crippen LogP contribution in [0.3, 0.4) is 0 Å². The van der Waals surface area contributed by atoms with Crippen LogP contribution in [0.5, 0.6) is 0 Å². The molecular formula is C18H26N2S. The highest BCUT2D eigenvalue weighted by Crippen LogP contribution is 2.40. The molecule has 1 N–H and O–H groups in total. The van der Waals surface area contributed by atoms with Crippen LogP contribution in [0.1, 0.15) is 55.5 Å². The van der Waals surface area contributed by atoms with E-state index in [1.807, 2.05) is 17.5 Å². The Kier molecular flexibility index (Phi) is 5.95. The summed E-state index contributed by atoms with van der Waals surface area (Å²) < 4.78 is 0. The predicted molar refractivity (Wildman–Crippen MR) is 91.9 cm³/mol. The van der Waals surface area contributed by atoms with Gasteiger partial charge in [-0.1, -0.05) is 51.1 Å². The largest absolute Gasteiger partial charge is 0.312 e. The summed E-state index contributed by atoms with van der Waals surface area (Å²) in [5, 5.41) is 4.72. The first-order valence-electron chi connectivity index (χ1n) is 7.98. The Balaban J connectivity index is 2.27. The molecule has 0 spiro atoms. The molecule has 0 aliphatic heterocycles. The van der Waals surface area contributed by atoms with Gasteiger partial charge in [-0.15, -0.1) is 11.3 Å². The van der Waals surface area contributed by atoms with E-state index in [0.717, 1.165) is 25.9 Å². The van der Waals surface area contributed by atoms with Gasteiger partial charge >= 0.3 is 0 Å². The van der Waals surface area contributed by atoms with Gasteiger partial charge in [0.25, 0.3) is 0 Å². The third kappa shape index (κ3) is 3.53. The number of benzene rings is 1. The third-order valence-corrected chi connectivity index (χ3v) is 5.42. The smallest absolute Gasteiger partial charge is 0.103 e. The van der Waals surface area contributed by atoms with Gasteiger partial charge < -0.3 is 5.32 Å². The topological polar surface area (TPSA) is 24.9 Å². The Hall–Kier alpha value is -1.19. The fraction of sp³-hybridized carbons (Fsp3) is 0.500. The van der Waals surface area contributed by atoms with Crippen molar-refractivity contribution in [1.29, 1.82) is 0 Å². The molecule has 1 heterocycles. The standard InChI is InChI=1S/C18H26N2S/c1-4-12-19-13-16-14-20-17(21-16)18(5-2,6-3)15-10-8-7-9-11-15/h7-11,14,19H,4-6,12-13H2,1-3H3. The van der Waals surface area contributed by atoms with Crippen LogP contribution in [-0.4, -0.2) is 11.5 Å². The Bertz CT molecular complexity index is 529. The zero-order valence-corrected chi connectivity index (χ0v) is 14.2. The number of aromatic nitrogens is 1. The maximum Gasteiger partial charge on any atom is 0.103 e. The summed E-state index contributed by atoms with van der Waals surface area (Å²) in [6.07, 6.45) is 5.39. The average Bonchev–Trinajstić information content (AvgIpc) is 3.00. The highest BCUT2D eigenvalue weighted by Gasteiger charge is 2.33. The molecule has 0 unspecified atom stereocenters. The second kappa shape index (κ2) is 7.71. The van der Waals surface area contributed by atoms with E-state index in [0.29, 0.717) is 0 Å². The van der Waals surface area contributed by atoms with Crippen LogP contribution < -0.4 is 5.32 Å². The average molecular weight is 302 g/mol. The van der Waals surface area contributed by atoms with Crippen LogP contribution in [0.2, 0.25) is 0 Å². The Morgan fingerprint density at radius 2 is 1.81 bits per heavy atom. The van der Waals surface area contributed by atoms with E-state index in [-0.39, 0.29) is 5.41 Å². The van der Waals surface area contributed by atoms with Gasteiger partial charge in [0.1, 0.15) is 5.01 Å². The number of thiazole rings is 1. The van der Waals surface area contributed by atoms with Gasteiger partial charge in [-0.05, 0) is 31.4 Å². The fourth-order valence-electron chi connectivity index (χ4n) is 2.84. The molecule has 0 saturated heterocycles. The van der Waals surface area contributed by atoms with Crippen molar-refractivity contribution >= 4 is 11.3 Å². The normalized spacial score (nSPS) is 11.8. The minimum absolute atomic E-state index is 0.0644. The minimum atomic E-state index is 0.0644. The fourth-order valence-corrected chi connectivity index (χ4v) is 4.08. The SMILES string of the molecule is CCCNCc1cnc(C(CC)(CC)c2ccccc2)s1. The van der Waals surface area contributed by atoms with Gasteiger partial charge in [-0.3, -0.25) is 0 Å². The van der Waals surface area contributed by atoms with E-state index in [1.165, 1.54) is 21.9 Å². The van der Waals surface area contributed by atoms with Gasteiger partial charge in [0, 0.05) is 23.0 Å². The first-order chi connectivity index (χ1) is 10.3. The van der Waals surface area contributed by atoms with Gasteiger partial charge in [-0.2, -0.15) is 0 Å². The monoisotopic (exact) mass is 302 g/mol. The Morgan fingerprint density at radius 1 is 1.10 bits per heavy atom. The molecule has 21 heavy (non-hydrogen) atoms. The lowest BCUT2D eigenvalue weighted by Gasteiger charge is -2.30. The van der Waals surface area contributed by atoms with Crippen LogP contribution in [0.4, 0.5) is 0 Å². The van der Waals surface area contributed by atoms with Crippen molar-refractivity contribution < 1.29 is 0 Å². The molecule has 1 aromatic carbocycles. The van der Waals surface area contributed by atoms with Crippen molar-refractivity contribution in [3.8, 4) is 0 Å². The van der Waals surface area contributed by atoms with E-state index in [9.17, 15) is 0 Å². The molecule has 0 amide bonds. The molecule has 0 fully saturated rings. The molecule has 3 heteroatoms. The molecular weight excluding hydrogens is 276 g/mol. The molecule has 2 rings (SSSR count). The maximum atomic E-state index is 4.76. The highest BCUT2D eigenvalue weighted by molar-refractivity contribution is 7.11. The summed E-state index contributed by atoms with van der Waals surface area (Å²) in [7, 11) is 0. The van der Waals surface area contributed by atoms with Crippen molar-refractivity contribution in [3.63, 3.8) is 0 Å². The van der Waals surface area contributed by atoms with Crippen LogP contribution >= 0.6 is 11.3 Å². The molecule has 2 aromatic rings. The van der Waals surface area contributed by atoms with Crippen molar-refractivity contribution in [3.05, 3.63) is 52.0 Å². The van der Waals surface area contributed by atoms with E-state index < -0.39 is 0 Å². The van der Waals surface area contributed by atoms with E-state index in [1.54, 1.807) is 0 Å². The molecule has 0 atom stereocenters. The zero-order valence-electron chi connectivity index (χ0n) is 13.4. The number of hydrogen-bond acceptors (Lipinski definition) is 3.